The van der Waals surface area contributed by atoms with Crippen LogP contribution in [-0.2, 0) is 4.79 Å². The third-order valence-electron chi connectivity index (χ3n) is 2.11. The summed E-state index contributed by atoms with van der Waals surface area (Å²) < 4.78 is 0. The van der Waals surface area contributed by atoms with Crippen molar-refractivity contribution in [2.45, 2.75) is 13.8 Å². The van der Waals surface area contributed by atoms with Crippen LogP contribution in [0.2, 0.25) is 5.02 Å². The molecule has 0 unspecified atom stereocenters. The Bertz CT molecular complexity index is 395. The number of hydrogen-bond donors (Lipinski definition) is 1. The molecule has 2 nitrogen and oxygen atoms in total. The molecule has 1 aromatic carbocycles. The Morgan fingerprint density at radius 2 is 2.13 bits per heavy atom. The lowest BCUT2D eigenvalue weighted by Gasteiger charge is -2.04. The number of carbonyl (C=O) groups is 1. The van der Waals surface area contributed by atoms with Gasteiger partial charge in [0.25, 0.3) is 0 Å². The summed E-state index contributed by atoms with van der Waals surface area (Å²) in [5.74, 6) is 0.223. The highest BCUT2D eigenvalue weighted by Crippen LogP contribution is 2.25. The van der Waals surface area contributed by atoms with Gasteiger partial charge in [-0.05, 0) is 35.3 Å². The average molecular weight is 225 g/mol. The molecule has 0 fully saturated rings. The van der Waals surface area contributed by atoms with Crippen LogP contribution < -0.4 is 0 Å². The van der Waals surface area contributed by atoms with E-state index in [-0.39, 0.29) is 16.7 Å². The molecule has 0 heterocycles. The summed E-state index contributed by atoms with van der Waals surface area (Å²) in [5, 5.41) is 9.51. The molecule has 15 heavy (non-hydrogen) atoms. The third kappa shape index (κ3) is 3.10. The molecule has 0 aromatic heterocycles. The van der Waals surface area contributed by atoms with Crippen LogP contribution in [0, 0.1) is 5.92 Å². The highest BCUT2D eigenvalue weighted by Gasteiger charge is 2.03. The zero-order chi connectivity index (χ0) is 11.4. The SMILES string of the molecule is CC(C)/C(C=O)=C/c1ccc(O)c(Cl)c1. The minimum absolute atomic E-state index is 0.0472. The Morgan fingerprint density at radius 1 is 1.47 bits per heavy atom. The van der Waals surface area contributed by atoms with E-state index in [0.29, 0.717) is 5.57 Å². The van der Waals surface area contributed by atoms with Gasteiger partial charge in [-0.3, -0.25) is 4.79 Å². The first-order chi connectivity index (χ1) is 7.04. The molecular formula is C12H13ClO2. The normalized spacial score (nSPS) is 11.9. The molecule has 3 heteroatoms. The van der Waals surface area contributed by atoms with Gasteiger partial charge < -0.3 is 5.11 Å². The number of phenols is 1. The first-order valence-electron chi connectivity index (χ1n) is 4.70. The van der Waals surface area contributed by atoms with Crippen LogP contribution in [0.5, 0.6) is 5.75 Å². The van der Waals surface area contributed by atoms with Gasteiger partial charge in [-0.1, -0.05) is 31.5 Å². The van der Waals surface area contributed by atoms with Crippen molar-refractivity contribution in [2.75, 3.05) is 0 Å². The van der Waals surface area contributed by atoms with Gasteiger partial charge in [0.05, 0.1) is 5.02 Å². The summed E-state index contributed by atoms with van der Waals surface area (Å²) >= 11 is 5.75. The Morgan fingerprint density at radius 3 is 2.60 bits per heavy atom. The zero-order valence-electron chi connectivity index (χ0n) is 8.70. The first kappa shape index (κ1) is 11.8. The van der Waals surface area contributed by atoms with Gasteiger partial charge >= 0.3 is 0 Å². The lowest BCUT2D eigenvalue weighted by molar-refractivity contribution is -0.105. The highest BCUT2D eigenvalue weighted by molar-refractivity contribution is 6.32. The fraction of sp³-hybridized carbons (Fsp3) is 0.250. The van der Waals surface area contributed by atoms with E-state index in [1.54, 1.807) is 18.2 Å². The summed E-state index contributed by atoms with van der Waals surface area (Å²) in [6.45, 7) is 3.89. The van der Waals surface area contributed by atoms with E-state index in [1.165, 1.54) is 6.07 Å². The van der Waals surface area contributed by atoms with Gasteiger partial charge in [-0.25, -0.2) is 0 Å². The molecule has 0 aliphatic rings. The summed E-state index contributed by atoms with van der Waals surface area (Å²) in [5.41, 5.74) is 1.52. The quantitative estimate of drug-likeness (QED) is 0.632. The summed E-state index contributed by atoms with van der Waals surface area (Å²) in [6.07, 6.45) is 2.61. The molecule has 0 spiro atoms. The lowest BCUT2D eigenvalue weighted by Crippen LogP contribution is -1.94. The van der Waals surface area contributed by atoms with Crippen LogP contribution in [0.4, 0.5) is 0 Å². The molecule has 1 rings (SSSR count). The maximum atomic E-state index is 10.8. The molecule has 0 aliphatic carbocycles. The molecule has 1 aromatic rings. The Kier molecular flexibility index (Phi) is 3.92. The molecule has 0 saturated heterocycles. The minimum Gasteiger partial charge on any atom is -0.506 e. The second-order valence-corrected chi connectivity index (χ2v) is 4.03. The van der Waals surface area contributed by atoms with E-state index in [9.17, 15) is 9.90 Å². The molecule has 0 aliphatic heterocycles. The molecule has 0 saturated carbocycles. The number of allylic oxidation sites excluding steroid dienone is 1. The van der Waals surface area contributed by atoms with Gasteiger partial charge in [0, 0.05) is 0 Å². The summed E-state index contributed by atoms with van der Waals surface area (Å²) in [7, 11) is 0. The fourth-order valence-corrected chi connectivity index (χ4v) is 1.33. The van der Waals surface area contributed by atoms with E-state index in [4.69, 9.17) is 11.6 Å². The van der Waals surface area contributed by atoms with Gasteiger partial charge in [0.1, 0.15) is 12.0 Å². The van der Waals surface area contributed by atoms with Gasteiger partial charge in [-0.15, -0.1) is 0 Å². The average Bonchev–Trinajstić information content (AvgIpc) is 2.19. The van der Waals surface area contributed by atoms with Gasteiger partial charge in [-0.2, -0.15) is 0 Å². The smallest absolute Gasteiger partial charge is 0.146 e. The highest BCUT2D eigenvalue weighted by atomic mass is 35.5. The topological polar surface area (TPSA) is 37.3 Å². The van der Waals surface area contributed by atoms with Crippen molar-refractivity contribution in [1.82, 2.24) is 0 Å². The number of aromatic hydroxyl groups is 1. The van der Waals surface area contributed by atoms with Crippen molar-refractivity contribution < 1.29 is 9.90 Å². The van der Waals surface area contributed by atoms with E-state index in [2.05, 4.69) is 0 Å². The molecule has 0 atom stereocenters. The first-order valence-corrected chi connectivity index (χ1v) is 5.07. The number of carbonyl (C=O) groups excluding carboxylic acids is 1. The zero-order valence-corrected chi connectivity index (χ0v) is 9.45. The van der Waals surface area contributed by atoms with Gasteiger partial charge in [0.2, 0.25) is 0 Å². The lowest BCUT2D eigenvalue weighted by atomic mass is 10.0. The van der Waals surface area contributed by atoms with Crippen LogP contribution in [0.1, 0.15) is 19.4 Å². The number of halogens is 1. The van der Waals surface area contributed by atoms with Crippen LogP contribution in [0.25, 0.3) is 6.08 Å². The van der Waals surface area contributed by atoms with Crippen molar-refractivity contribution in [3.05, 3.63) is 34.4 Å². The van der Waals surface area contributed by atoms with Crippen molar-refractivity contribution in [2.24, 2.45) is 5.92 Å². The molecule has 0 radical (unpaired) electrons. The number of rotatable bonds is 3. The van der Waals surface area contributed by atoms with E-state index < -0.39 is 0 Å². The number of hydrogen-bond acceptors (Lipinski definition) is 2. The molecule has 80 valence electrons. The Hall–Kier alpha value is -1.28. The summed E-state index contributed by atoms with van der Waals surface area (Å²) in [4.78, 5) is 10.8. The maximum absolute atomic E-state index is 10.8. The van der Waals surface area contributed by atoms with E-state index in [1.807, 2.05) is 13.8 Å². The van der Waals surface area contributed by atoms with Crippen molar-refractivity contribution >= 4 is 24.0 Å². The largest absolute Gasteiger partial charge is 0.506 e. The standard InChI is InChI=1S/C12H13ClO2/c1-8(2)10(7-14)5-9-3-4-12(15)11(13)6-9/h3-8,15H,1-2H3/b10-5+. The number of aldehydes is 1. The van der Waals surface area contributed by atoms with Crippen molar-refractivity contribution in [3.63, 3.8) is 0 Å². The predicted molar refractivity (Wildman–Crippen MR) is 62.0 cm³/mol. The molecule has 0 bridgehead atoms. The van der Waals surface area contributed by atoms with E-state index in [0.717, 1.165) is 11.8 Å². The Balaban J connectivity index is 3.07. The third-order valence-corrected chi connectivity index (χ3v) is 2.41. The monoisotopic (exact) mass is 224 g/mol. The fourth-order valence-electron chi connectivity index (χ4n) is 1.14. The molecule has 1 N–H and O–H groups in total. The van der Waals surface area contributed by atoms with Gasteiger partial charge in [0.15, 0.2) is 0 Å². The minimum atomic E-state index is 0.0472. The number of benzene rings is 1. The number of phenolic OH excluding ortho intramolecular Hbond substituents is 1. The second-order valence-electron chi connectivity index (χ2n) is 3.63. The van der Waals surface area contributed by atoms with Crippen molar-refractivity contribution in [1.29, 1.82) is 0 Å². The van der Waals surface area contributed by atoms with Crippen LogP contribution in [0.3, 0.4) is 0 Å². The maximum Gasteiger partial charge on any atom is 0.146 e. The summed E-state index contributed by atoms with van der Waals surface area (Å²) in [6, 6.07) is 4.85. The molecule has 0 amide bonds. The Labute approximate surface area is 94.2 Å². The van der Waals surface area contributed by atoms with Crippen molar-refractivity contribution in [3.8, 4) is 5.75 Å². The second kappa shape index (κ2) is 4.99. The van der Waals surface area contributed by atoms with Crippen LogP contribution in [-0.4, -0.2) is 11.4 Å². The molecular weight excluding hydrogens is 212 g/mol. The predicted octanol–water partition coefficient (Wildman–Crippen LogP) is 3.28. The van der Waals surface area contributed by atoms with Crippen LogP contribution in [0.15, 0.2) is 23.8 Å². The van der Waals surface area contributed by atoms with Crippen LogP contribution >= 0.6 is 11.6 Å². The van der Waals surface area contributed by atoms with E-state index >= 15 is 0 Å².